The molecule has 3 nitrogen and oxygen atoms in total. The molecule has 0 saturated carbocycles. The highest BCUT2D eigenvalue weighted by atomic mass is 32.2. The molecule has 15 heavy (non-hydrogen) atoms. The first-order chi connectivity index (χ1) is 6.99. The van der Waals surface area contributed by atoms with Crippen LogP contribution in [0.2, 0.25) is 0 Å². The fraction of sp³-hybridized carbons (Fsp3) is 0.818. The van der Waals surface area contributed by atoms with Crippen molar-refractivity contribution in [1.82, 2.24) is 0 Å². The van der Waals surface area contributed by atoms with Crippen molar-refractivity contribution in [2.45, 2.75) is 39.2 Å². The zero-order valence-corrected chi connectivity index (χ0v) is 10.3. The highest BCUT2D eigenvalue weighted by Gasteiger charge is 2.21. The summed E-state index contributed by atoms with van der Waals surface area (Å²) in [7, 11) is -2.96. The van der Waals surface area contributed by atoms with Crippen LogP contribution in [0.25, 0.3) is 0 Å². The summed E-state index contributed by atoms with van der Waals surface area (Å²) in [6.45, 7) is 5.07. The molecule has 0 bridgehead atoms. The second-order valence-corrected chi connectivity index (χ2v) is 6.39. The summed E-state index contributed by atoms with van der Waals surface area (Å²) in [5.41, 5.74) is 0. The van der Waals surface area contributed by atoms with Gasteiger partial charge in [-0.3, -0.25) is 0 Å². The zero-order chi connectivity index (χ0) is 11.3. The lowest BCUT2D eigenvalue weighted by Crippen LogP contribution is -2.15. The first-order valence-electron chi connectivity index (χ1n) is 5.52. The molecule has 0 aromatic rings. The van der Waals surface area contributed by atoms with E-state index in [1.165, 1.54) is 11.8 Å². The second-order valence-electron chi connectivity index (χ2n) is 4.46. The lowest BCUT2D eigenvalue weighted by Gasteiger charge is -2.09. The van der Waals surface area contributed by atoms with Crippen LogP contribution in [0.5, 0.6) is 0 Å². The number of rotatable bonds is 6. The predicted molar refractivity (Wildman–Crippen MR) is 61.4 cm³/mol. The molecule has 0 N–H and O–H groups in total. The van der Waals surface area contributed by atoms with Crippen LogP contribution in [0, 0.1) is 5.92 Å². The van der Waals surface area contributed by atoms with Gasteiger partial charge in [-0.15, -0.1) is 0 Å². The van der Waals surface area contributed by atoms with E-state index in [4.69, 9.17) is 4.74 Å². The van der Waals surface area contributed by atoms with E-state index in [9.17, 15) is 8.42 Å². The molecule has 1 aliphatic rings. The molecular weight excluding hydrogens is 212 g/mol. The Morgan fingerprint density at radius 3 is 2.67 bits per heavy atom. The Bertz CT molecular complexity index is 304. The van der Waals surface area contributed by atoms with Crippen LogP contribution in [-0.2, 0) is 14.6 Å². The molecule has 1 heterocycles. The molecule has 1 unspecified atom stereocenters. The van der Waals surface area contributed by atoms with Gasteiger partial charge < -0.3 is 4.74 Å². The minimum absolute atomic E-state index is 0.122. The fourth-order valence-electron chi connectivity index (χ4n) is 1.54. The van der Waals surface area contributed by atoms with E-state index in [0.29, 0.717) is 6.61 Å². The standard InChI is InChI=1S/C11H20O3S/c1-10(2)5-3-4-7-14-11-6-8-15(12,13)9-11/h6,8,10-11H,3-5,7,9H2,1-2H3. The van der Waals surface area contributed by atoms with Gasteiger partial charge in [-0.25, -0.2) is 8.42 Å². The minimum Gasteiger partial charge on any atom is -0.373 e. The van der Waals surface area contributed by atoms with Gasteiger partial charge in [0.05, 0.1) is 11.9 Å². The number of sulfone groups is 1. The van der Waals surface area contributed by atoms with Crippen molar-refractivity contribution in [1.29, 1.82) is 0 Å². The average molecular weight is 232 g/mol. The quantitative estimate of drug-likeness (QED) is 0.659. The number of ether oxygens (including phenoxy) is 1. The SMILES string of the molecule is CC(C)CCCCOC1C=CS(=O)(=O)C1. The van der Waals surface area contributed by atoms with Crippen molar-refractivity contribution in [3.63, 3.8) is 0 Å². The third-order valence-corrected chi connectivity index (χ3v) is 3.77. The molecule has 0 fully saturated rings. The predicted octanol–water partition coefficient (Wildman–Crippen LogP) is 2.14. The fourth-order valence-corrected chi connectivity index (χ4v) is 2.73. The molecule has 1 atom stereocenters. The van der Waals surface area contributed by atoms with Crippen molar-refractivity contribution in [2.24, 2.45) is 5.92 Å². The summed E-state index contributed by atoms with van der Waals surface area (Å²) in [5, 5.41) is 1.26. The van der Waals surface area contributed by atoms with Gasteiger partial charge >= 0.3 is 0 Å². The smallest absolute Gasteiger partial charge is 0.174 e. The second kappa shape index (κ2) is 5.66. The molecule has 0 aromatic heterocycles. The Kier molecular flexibility index (Phi) is 4.80. The lowest BCUT2D eigenvalue weighted by molar-refractivity contribution is 0.0969. The maximum Gasteiger partial charge on any atom is 0.174 e. The van der Waals surface area contributed by atoms with Crippen LogP contribution >= 0.6 is 0 Å². The van der Waals surface area contributed by atoms with E-state index in [0.717, 1.165) is 18.8 Å². The molecule has 88 valence electrons. The molecule has 4 heteroatoms. The van der Waals surface area contributed by atoms with Gasteiger partial charge in [-0.2, -0.15) is 0 Å². The van der Waals surface area contributed by atoms with Crippen LogP contribution < -0.4 is 0 Å². The minimum atomic E-state index is -2.96. The monoisotopic (exact) mass is 232 g/mol. The van der Waals surface area contributed by atoms with Gasteiger partial charge in [0.25, 0.3) is 0 Å². The van der Waals surface area contributed by atoms with E-state index >= 15 is 0 Å². The molecule has 0 aromatic carbocycles. The van der Waals surface area contributed by atoms with Crippen molar-refractivity contribution in [2.75, 3.05) is 12.4 Å². The third kappa shape index (κ3) is 5.33. The van der Waals surface area contributed by atoms with E-state index in [1.54, 1.807) is 6.08 Å². The van der Waals surface area contributed by atoms with Crippen LogP contribution in [0.15, 0.2) is 11.5 Å². The van der Waals surface area contributed by atoms with Crippen LogP contribution in [0.3, 0.4) is 0 Å². The average Bonchev–Trinajstić information content (AvgIpc) is 2.44. The van der Waals surface area contributed by atoms with E-state index in [2.05, 4.69) is 13.8 Å². The molecule has 1 rings (SSSR count). The zero-order valence-electron chi connectivity index (χ0n) is 9.48. The first-order valence-corrected chi connectivity index (χ1v) is 7.24. The van der Waals surface area contributed by atoms with Crippen LogP contribution in [-0.4, -0.2) is 26.9 Å². The molecular formula is C11H20O3S. The molecule has 1 aliphatic heterocycles. The van der Waals surface area contributed by atoms with Crippen molar-refractivity contribution < 1.29 is 13.2 Å². The number of unbranched alkanes of at least 4 members (excludes halogenated alkanes) is 1. The Labute approximate surface area is 92.4 Å². The molecule has 0 spiro atoms. The largest absolute Gasteiger partial charge is 0.373 e. The lowest BCUT2D eigenvalue weighted by atomic mass is 10.1. The number of hydrogen-bond donors (Lipinski definition) is 0. The van der Waals surface area contributed by atoms with Gasteiger partial charge in [-0.1, -0.05) is 26.7 Å². The normalized spacial score (nSPS) is 23.8. The van der Waals surface area contributed by atoms with Crippen molar-refractivity contribution in [3.8, 4) is 0 Å². The summed E-state index contributed by atoms with van der Waals surface area (Å²) < 4.78 is 27.6. The Balaban J connectivity index is 2.05. The third-order valence-electron chi connectivity index (χ3n) is 2.40. The van der Waals surface area contributed by atoms with Gasteiger partial charge in [0, 0.05) is 12.0 Å². The summed E-state index contributed by atoms with van der Waals surface area (Å²) >= 11 is 0. The topological polar surface area (TPSA) is 43.4 Å². The van der Waals surface area contributed by atoms with Gasteiger partial charge in [0.15, 0.2) is 9.84 Å². The Morgan fingerprint density at radius 1 is 1.40 bits per heavy atom. The molecule has 0 saturated heterocycles. The molecule has 0 aliphatic carbocycles. The molecule has 0 radical (unpaired) electrons. The summed E-state index contributed by atoms with van der Waals surface area (Å²) in [6, 6.07) is 0. The van der Waals surface area contributed by atoms with Crippen LogP contribution in [0.1, 0.15) is 33.1 Å². The van der Waals surface area contributed by atoms with Gasteiger partial charge in [0.1, 0.15) is 0 Å². The maximum absolute atomic E-state index is 11.1. The van der Waals surface area contributed by atoms with E-state index < -0.39 is 9.84 Å². The summed E-state index contributed by atoms with van der Waals surface area (Å²) in [4.78, 5) is 0. The summed E-state index contributed by atoms with van der Waals surface area (Å²) in [6.07, 6.45) is 4.80. The maximum atomic E-state index is 11.1. The van der Waals surface area contributed by atoms with Gasteiger partial charge in [-0.05, 0) is 18.4 Å². The highest BCUT2D eigenvalue weighted by molar-refractivity contribution is 7.94. The van der Waals surface area contributed by atoms with E-state index in [1.807, 2.05) is 0 Å². The number of hydrogen-bond acceptors (Lipinski definition) is 3. The van der Waals surface area contributed by atoms with Crippen LogP contribution in [0.4, 0.5) is 0 Å². The Morgan fingerprint density at radius 2 is 2.13 bits per heavy atom. The summed E-state index contributed by atoms with van der Waals surface area (Å²) in [5.74, 6) is 0.855. The highest BCUT2D eigenvalue weighted by Crippen LogP contribution is 2.12. The first kappa shape index (κ1) is 12.7. The van der Waals surface area contributed by atoms with Crippen molar-refractivity contribution in [3.05, 3.63) is 11.5 Å². The van der Waals surface area contributed by atoms with Gasteiger partial charge in [0.2, 0.25) is 0 Å². The Hall–Kier alpha value is -0.350. The van der Waals surface area contributed by atoms with Crippen molar-refractivity contribution >= 4 is 9.84 Å². The van der Waals surface area contributed by atoms with E-state index in [-0.39, 0.29) is 11.9 Å². The molecule has 0 amide bonds.